The number of benzene rings is 3. The quantitative estimate of drug-likeness (QED) is 0.292. The minimum atomic E-state index is -0.355. The Hall–Kier alpha value is -4.65. The van der Waals surface area contributed by atoms with Gasteiger partial charge in [-0.15, -0.1) is 0 Å². The van der Waals surface area contributed by atoms with Gasteiger partial charge in [-0.05, 0) is 67.4 Å². The number of nitrogens with one attached hydrogen (secondary N) is 1. The lowest BCUT2D eigenvalue weighted by atomic mass is 10.00. The number of nitrogens with zero attached hydrogens (tertiary/aromatic N) is 4. The first-order valence-electron chi connectivity index (χ1n) is 12.8. The summed E-state index contributed by atoms with van der Waals surface area (Å²) in [5.41, 5.74) is 6.52. The van der Waals surface area contributed by atoms with Crippen molar-refractivity contribution in [2.45, 2.75) is 32.9 Å². The number of fused-ring (bicyclic) bond motifs is 3. The number of urea groups is 1. The molecule has 7 heteroatoms. The molecular formula is C31H28FN5O. The van der Waals surface area contributed by atoms with Gasteiger partial charge in [0.2, 0.25) is 0 Å². The summed E-state index contributed by atoms with van der Waals surface area (Å²) < 4.78 is 17.7. The molecule has 0 bridgehead atoms. The molecule has 0 saturated heterocycles. The van der Waals surface area contributed by atoms with Crippen LogP contribution in [-0.2, 0) is 13.0 Å². The first kappa shape index (κ1) is 23.7. The Balaban J connectivity index is 1.55. The molecule has 3 aromatic carbocycles. The van der Waals surface area contributed by atoms with Gasteiger partial charge in [0, 0.05) is 17.4 Å². The molecular weight excluding hydrogens is 477 g/mol. The van der Waals surface area contributed by atoms with Gasteiger partial charge in [-0.2, -0.15) is 5.10 Å². The molecule has 6 nitrogen and oxygen atoms in total. The van der Waals surface area contributed by atoms with Crippen LogP contribution in [0, 0.1) is 12.7 Å². The Morgan fingerprint density at radius 1 is 1.00 bits per heavy atom. The summed E-state index contributed by atoms with van der Waals surface area (Å²) >= 11 is 0. The minimum Gasteiger partial charge on any atom is -0.308 e. The fraction of sp³-hybridized carbons (Fsp3) is 0.161. The minimum absolute atomic E-state index is 0.266. The number of hydrogen-bond donors (Lipinski definition) is 1. The second-order valence-corrected chi connectivity index (χ2v) is 9.53. The van der Waals surface area contributed by atoms with Crippen LogP contribution < -0.4 is 5.32 Å². The van der Waals surface area contributed by atoms with Crippen molar-refractivity contribution >= 4 is 11.7 Å². The molecule has 3 heterocycles. The molecule has 1 unspecified atom stereocenters. The molecule has 0 spiro atoms. The maximum atomic E-state index is 14.0. The van der Waals surface area contributed by atoms with Crippen LogP contribution in [0.1, 0.15) is 41.0 Å². The van der Waals surface area contributed by atoms with Gasteiger partial charge in [-0.3, -0.25) is 0 Å². The summed E-state index contributed by atoms with van der Waals surface area (Å²) in [6, 6.07) is 27.6. The number of aromatic nitrogens is 3. The maximum absolute atomic E-state index is 14.0. The number of rotatable bonds is 4. The van der Waals surface area contributed by atoms with E-state index in [1.54, 1.807) is 12.1 Å². The number of hydrogen-bond acceptors (Lipinski definition) is 2. The summed E-state index contributed by atoms with van der Waals surface area (Å²) in [4.78, 5) is 15.8. The third-order valence-electron chi connectivity index (χ3n) is 7.02. The number of halogens is 1. The Bertz CT molecular complexity index is 1600. The molecule has 0 saturated carbocycles. The van der Waals surface area contributed by atoms with E-state index in [1.165, 1.54) is 12.1 Å². The largest absolute Gasteiger partial charge is 0.322 e. The van der Waals surface area contributed by atoms with Gasteiger partial charge in [0.15, 0.2) is 0 Å². The Labute approximate surface area is 221 Å². The van der Waals surface area contributed by atoms with Gasteiger partial charge in [0.1, 0.15) is 11.6 Å². The van der Waals surface area contributed by atoms with Gasteiger partial charge in [-0.25, -0.2) is 13.9 Å². The highest BCUT2D eigenvalue weighted by Gasteiger charge is 2.36. The van der Waals surface area contributed by atoms with Crippen LogP contribution >= 0.6 is 0 Å². The molecule has 0 aliphatic carbocycles. The van der Waals surface area contributed by atoms with E-state index in [0.717, 1.165) is 46.0 Å². The van der Waals surface area contributed by atoms with Crippen molar-refractivity contribution in [3.63, 3.8) is 0 Å². The van der Waals surface area contributed by atoms with E-state index in [2.05, 4.69) is 48.0 Å². The molecule has 1 aliphatic heterocycles. The lowest BCUT2D eigenvalue weighted by Gasteiger charge is -2.31. The molecule has 5 aromatic rings. The number of para-hydroxylation sites is 1. The van der Waals surface area contributed by atoms with E-state index in [1.807, 2.05) is 58.2 Å². The normalized spacial score (nSPS) is 14.5. The molecule has 0 radical (unpaired) electrons. The average molecular weight is 506 g/mol. The molecule has 1 atom stereocenters. The highest BCUT2D eigenvalue weighted by Crippen LogP contribution is 2.39. The Morgan fingerprint density at radius 2 is 1.79 bits per heavy atom. The van der Waals surface area contributed by atoms with E-state index < -0.39 is 0 Å². The van der Waals surface area contributed by atoms with Crippen LogP contribution in [0.4, 0.5) is 14.9 Å². The van der Waals surface area contributed by atoms with Crippen molar-refractivity contribution < 1.29 is 9.18 Å². The van der Waals surface area contributed by atoms with Crippen LogP contribution in [0.2, 0.25) is 0 Å². The van der Waals surface area contributed by atoms with E-state index in [-0.39, 0.29) is 17.9 Å². The summed E-state index contributed by atoms with van der Waals surface area (Å²) in [5.74, 6) is 0.585. The monoisotopic (exact) mass is 505 g/mol. The van der Waals surface area contributed by atoms with E-state index in [9.17, 15) is 9.18 Å². The second-order valence-electron chi connectivity index (χ2n) is 9.53. The third-order valence-corrected chi connectivity index (χ3v) is 7.02. The average Bonchev–Trinajstić information content (AvgIpc) is 3.51. The number of anilines is 1. The topological polar surface area (TPSA) is 55.1 Å². The zero-order valence-corrected chi connectivity index (χ0v) is 21.3. The fourth-order valence-electron chi connectivity index (χ4n) is 5.27. The highest BCUT2D eigenvalue weighted by atomic mass is 19.1. The molecule has 2 aromatic heterocycles. The molecule has 190 valence electrons. The number of aryl methyl sites for hydroxylation is 2. The Kier molecular flexibility index (Phi) is 6.04. The predicted molar refractivity (Wildman–Crippen MR) is 146 cm³/mol. The van der Waals surface area contributed by atoms with Gasteiger partial charge >= 0.3 is 6.03 Å². The van der Waals surface area contributed by atoms with Gasteiger partial charge in [-0.1, -0.05) is 55.0 Å². The fourth-order valence-corrected chi connectivity index (χ4v) is 5.27. The lowest BCUT2D eigenvalue weighted by molar-refractivity contribution is 0.194. The van der Waals surface area contributed by atoms with Gasteiger partial charge < -0.3 is 14.8 Å². The van der Waals surface area contributed by atoms with Crippen molar-refractivity contribution in [1.82, 2.24) is 19.2 Å². The first-order valence-corrected chi connectivity index (χ1v) is 12.8. The standard InChI is InChI=1S/C31H28FN5O/c1-3-27-26-20-36(31(38)33-24-16-14-23(32)15-17-24)29(22-10-7-9-21(2)19-22)28-13-8-18-35(28)30(26)37(34-27)25-11-5-4-6-12-25/h4-19,29H,3,20H2,1-2H3,(H,33,38). The number of carbonyl (C=O) groups is 1. The van der Waals surface area contributed by atoms with Crippen molar-refractivity contribution in [2.24, 2.45) is 0 Å². The first-order chi connectivity index (χ1) is 18.5. The number of amides is 2. The van der Waals surface area contributed by atoms with E-state index in [0.29, 0.717) is 12.2 Å². The van der Waals surface area contributed by atoms with Crippen LogP contribution in [0.5, 0.6) is 0 Å². The zero-order valence-electron chi connectivity index (χ0n) is 21.3. The molecule has 38 heavy (non-hydrogen) atoms. The summed E-state index contributed by atoms with van der Waals surface area (Å²) in [6.45, 7) is 4.50. The van der Waals surface area contributed by atoms with Crippen LogP contribution in [0.3, 0.4) is 0 Å². The van der Waals surface area contributed by atoms with Crippen molar-refractivity contribution in [1.29, 1.82) is 0 Å². The van der Waals surface area contributed by atoms with Crippen LogP contribution in [0.25, 0.3) is 11.5 Å². The predicted octanol–water partition coefficient (Wildman–Crippen LogP) is 6.81. The third kappa shape index (κ3) is 4.16. The molecule has 6 rings (SSSR count). The van der Waals surface area contributed by atoms with E-state index in [4.69, 9.17) is 5.10 Å². The summed E-state index contributed by atoms with van der Waals surface area (Å²) in [6.07, 6.45) is 2.76. The molecule has 0 fully saturated rings. The number of carbonyl (C=O) groups excluding carboxylic acids is 1. The zero-order chi connectivity index (χ0) is 26.2. The van der Waals surface area contributed by atoms with Crippen molar-refractivity contribution in [3.05, 3.63) is 131 Å². The van der Waals surface area contributed by atoms with Crippen LogP contribution in [-0.4, -0.2) is 25.3 Å². The molecule has 2 amide bonds. The smallest absolute Gasteiger partial charge is 0.308 e. The van der Waals surface area contributed by atoms with Gasteiger partial charge in [0.05, 0.1) is 29.7 Å². The maximum Gasteiger partial charge on any atom is 0.322 e. The van der Waals surface area contributed by atoms with Gasteiger partial charge in [0.25, 0.3) is 0 Å². The highest BCUT2D eigenvalue weighted by molar-refractivity contribution is 5.90. The summed E-state index contributed by atoms with van der Waals surface area (Å²) in [5, 5.41) is 7.99. The molecule has 1 N–H and O–H groups in total. The van der Waals surface area contributed by atoms with Crippen LogP contribution in [0.15, 0.2) is 97.2 Å². The SMILES string of the molecule is CCc1nn(-c2ccccc2)c2c1CN(C(=O)Nc1ccc(F)cc1)C(c1cccc(C)c1)c1cccn1-2. The molecule has 1 aliphatic rings. The lowest BCUT2D eigenvalue weighted by Crippen LogP contribution is -2.38. The van der Waals surface area contributed by atoms with Crippen molar-refractivity contribution in [3.8, 4) is 11.5 Å². The van der Waals surface area contributed by atoms with Crippen molar-refractivity contribution in [2.75, 3.05) is 5.32 Å². The second kappa shape index (κ2) is 9.67. The van der Waals surface area contributed by atoms with E-state index >= 15 is 0 Å². The Morgan fingerprint density at radius 3 is 2.53 bits per heavy atom. The summed E-state index contributed by atoms with van der Waals surface area (Å²) in [7, 11) is 0.